The zero-order valence-corrected chi connectivity index (χ0v) is 10.5. The van der Waals surface area contributed by atoms with E-state index in [4.69, 9.17) is 16.3 Å². The van der Waals surface area contributed by atoms with Crippen LogP contribution in [0.2, 0.25) is 5.02 Å². The smallest absolute Gasteiger partial charge is 0.137 e. The van der Waals surface area contributed by atoms with Gasteiger partial charge in [0.2, 0.25) is 0 Å². The fourth-order valence-corrected chi connectivity index (χ4v) is 2.28. The molecule has 17 heavy (non-hydrogen) atoms. The van der Waals surface area contributed by atoms with Crippen molar-refractivity contribution in [1.82, 2.24) is 5.32 Å². The summed E-state index contributed by atoms with van der Waals surface area (Å²) in [5.74, 6) is 0.681. The Morgan fingerprint density at radius 2 is 2.29 bits per heavy atom. The molecule has 0 spiro atoms. The lowest BCUT2D eigenvalue weighted by molar-refractivity contribution is 0.107. The number of hydrogen-bond acceptors (Lipinski definition) is 3. The molecule has 3 nitrogen and oxygen atoms in total. The molecule has 0 radical (unpaired) electrons. The van der Waals surface area contributed by atoms with Crippen LogP contribution in [0.4, 0.5) is 0 Å². The van der Waals surface area contributed by atoms with Gasteiger partial charge in [0.15, 0.2) is 0 Å². The summed E-state index contributed by atoms with van der Waals surface area (Å²) in [4.78, 5) is 0. The van der Waals surface area contributed by atoms with E-state index in [9.17, 15) is 5.11 Å². The molecule has 4 heteroatoms. The largest absolute Gasteiger partial charge is 0.492 e. The molecule has 2 unspecified atom stereocenters. The van der Waals surface area contributed by atoms with Gasteiger partial charge in [-0.25, -0.2) is 0 Å². The normalized spacial score (nSPS) is 21.4. The van der Waals surface area contributed by atoms with Crippen LogP contribution in [0.1, 0.15) is 19.3 Å². The van der Waals surface area contributed by atoms with Crippen molar-refractivity contribution in [3.63, 3.8) is 0 Å². The van der Waals surface area contributed by atoms with Crippen LogP contribution in [0.25, 0.3) is 0 Å². The van der Waals surface area contributed by atoms with Gasteiger partial charge in [0.25, 0.3) is 0 Å². The Balaban J connectivity index is 1.74. The zero-order chi connectivity index (χ0) is 12.1. The van der Waals surface area contributed by atoms with Crippen LogP contribution in [0.15, 0.2) is 24.3 Å². The molecule has 1 aromatic rings. The average molecular weight is 256 g/mol. The molecule has 1 aromatic carbocycles. The molecule has 0 bridgehead atoms. The van der Waals surface area contributed by atoms with Gasteiger partial charge in [0, 0.05) is 12.5 Å². The number of halogens is 1. The molecule has 94 valence electrons. The minimum absolute atomic E-state index is 0.227. The Morgan fingerprint density at radius 1 is 1.47 bits per heavy atom. The quantitative estimate of drug-likeness (QED) is 0.848. The number of hydrogen-bond donors (Lipinski definition) is 2. The van der Waals surface area contributed by atoms with Crippen LogP contribution in [-0.2, 0) is 0 Å². The van der Waals surface area contributed by atoms with E-state index < -0.39 is 0 Å². The monoisotopic (exact) mass is 255 g/mol. The molecule has 1 saturated heterocycles. The van der Waals surface area contributed by atoms with Crippen molar-refractivity contribution in [3.05, 3.63) is 29.3 Å². The Hall–Kier alpha value is -0.770. The standard InChI is InChI=1S/C13H18ClNO2/c14-10-4-1-2-6-13(10)17-9-7-12(16)11-5-3-8-15-11/h1-2,4,6,11-12,15-16H,3,5,7-9H2. The fraction of sp³-hybridized carbons (Fsp3) is 0.538. The van der Waals surface area contributed by atoms with E-state index >= 15 is 0 Å². The van der Waals surface area contributed by atoms with Crippen LogP contribution in [0.5, 0.6) is 5.75 Å². The van der Waals surface area contributed by atoms with Gasteiger partial charge in [-0.1, -0.05) is 23.7 Å². The molecule has 1 fully saturated rings. The molecule has 1 aliphatic rings. The Morgan fingerprint density at radius 3 is 3.00 bits per heavy atom. The van der Waals surface area contributed by atoms with Crippen molar-refractivity contribution >= 4 is 11.6 Å². The molecular formula is C13H18ClNO2. The molecule has 2 atom stereocenters. The predicted octanol–water partition coefficient (Wildman–Crippen LogP) is 2.22. The molecule has 2 N–H and O–H groups in total. The summed E-state index contributed by atoms with van der Waals surface area (Å²) in [5, 5.41) is 13.8. The maximum absolute atomic E-state index is 9.92. The number of aliphatic hydroxyl groups excluding tert-OH is 1. The molecule has 1 heterocycles. The first-order valence-corrected chi connectivity index (χ1v) is 6.44. The van der Waals surface area contributed by atoms with E-state index in [2.05, 4.69) is 5.32 Å². The van der Waals surface area contributed by atoms with Gasteiger partial charge >= 0.3 is 0 Å². The minimum Gasteiger partial charge on any atom is -0.492 e. The van der Waals surface area contributed by atoms with Gasteiger partial charge in [0.1, 0.15) is 5.75 Å². The summed E-state index contributed by atoms with van der Waals surface area (Å²) in [6.45, 7) is 1.50. The second-order valence-electron chi connectivity index (χ2n) is 4.34. The van der Waals surface area contributed by atoms with E-state index in [1.807, 2.05) is 18.2 Å². The first-order chi connectivity index (χ1) is 8.27. The van der Waals surface area contributed by atoms with E-state index in [1.54, 1.807) is 6.07 Å². The van der Waals surface area contributed by atoms with Crippen molar-refractivity contribution in [2.45, 2.75) is 31.4 Å². The fourth-order valence-electron chi connectivity index (χ4n) is 2.09. The van der Waals surface area contributed by atoms with Gasteiger partial charge < -0.3 is 15.2 Å². The van der Waals surface area contributed by atoms with Crippen molar-refractivity contribution in [3.8, 4) is 5.75 Å². The van der Waals surface area contributed by atoms with E-state index in [0.29, 0.717) is 23.8 Å². The van der Waals surface area contributed by atoms with Crippen molar-refractivity contribution < 1.29 is 9.84 Å². The first kappa shape index (κ1) is 12.7. The highest BCUT2D eigenvalue weighted by molar-refractivity contribution is 6.32. The third kappa shape index (κ3) is 3.60. The van der Waals surface area contributed by atoms with Crippen LogP contribution >= 0.6 is 11.6 Å². The number of ether oxygens (including phenoxy) is 1. The number of aliphatic hydroxyl groups is 1. The van der Waals surface area contributed by atoms with Crippen molar-refractivity contribution in [1.29, 1.82) is 0 Å². The number of nitrogens with one attached hydrogen (secondary N) is 1. The summed E-state index contributed by atoms with van der Waals surface area (Å²) < 4.78 is 5.55. The lowest BCUT2D eigenvalue weighted by Gasteiger charge is -2.18. The van der Waals surface area contributed by atoms with Crippen LogP contribution in [0, 0.1) is 0 Å². The molecule has 0 amide bonds. The van der Waals surface area contributed by atoms with Crippen molar-refractivity contribution in [2.75, 3.05) is 13.2 Å². The van der Waals surface area contributed by atoms with Crippen molar-refractivity contribution in [2.24, 2.45) is 0 Å². The molecule has 2 rings (SSSR count). The summed E-state index contributed by atoms with van der Waals surface area (Å²) in [6, 6.07) is 7.61. The van der Waals surface area contributed by atoms with Crippen LogP contribution in [0.3, 0.4) is 0 Å². The molecule has 0 saturated carbocycles. The van der Waals surface area contributed by atoms with Crippen LogP contribution in [-0.4, -0.2) is 30.4 Å². The molecule has 1 aliphatic heterocycles. The van der Waals surface area contributed by atoms with Gasteiger partial charge in [0.05, 0.1) is 17.7 Å². The Bertz CT molecular complexity index is 353. The van der Waals surface area contributed by atoms with E-state index in [1.165, 1.54) is 0 Å². The molecule has 0 aliphatic carbocycles. The predicted molar refractivity (Wildman–Crippen MR) is 68.6 cm³/mol. The Labute approximate surface area is 107 Å². The summed E-state index contributed by atoms with van der Waals surface area (Å²) in [5.41, 5.74) is 0. The topological polar surface area (TPSA) is 41.5 Å². The highest BCUT2D eigenvalue weighted by atomic mass is 35.5. The maximum Gasteiger partial charge on any atom is 0.137 e. The van der Waals surface area contributed by atoms with Crippen LogP contribution < -0.4 is 10.1 Å². The molecular weight excluding hydrogens is 238 g/mol. The second kappa shape index (κ2) is 6.24. The zero-order valence-electron chi connectivity index (χ0n) is 9.73. The average Bonchev–Trinajstić information content (AvgIpc) is 2.85. The summed E-state index contributed by atoms with van der Waals surface area (Å²) >= 11 is 5.97. The van der Waals surface area contributed by atoms with E-state index in [0.717, 1.165) is 19.4 Å². The minimum atomic E-state index is -0.333. The highest BCUT2D eigenvalue weighted by Gasteiger charge is 2.22. The number of para-hydroxylation sites is 1. The summed E-state index contributed by atoms with van der Waals surface area (Å²) in [6.07, 6.45) is 2.49. The third-order valence-corrected chi connectivity index (χ3v) is 3.38. The van der Waals surface area contributed by atoms with Gasteiger partial charge in [-0.05, 0) is 31.5 Å². The summed E-state index contributed by atoms with van der Waals surface area (Å²) in [7, 11) is 0. The second-order valence-corrected chi connectivity index (χ2v) is 4.74. The maximum atomic E-state index is 9.92. The van der Waals surface area contributed by atoms with Gasteiger partial charge in [-0.15, -0.1) is 0 Å². The first-order valence-electron chi connectivity index (χ1n) is 6.06. The lowest BCUT2D eigenvalue weighted by Crippen LogP contribution is -2.35. The van der Waals surface area contributed by atoms with Gasteiger partial charge in [-0.2, -0.15) is 0 Å². The van der Waals surface area contributed by atoms with Gasteiger partial charge in [-0.3, -0.25) is 0 Å². The Kier molecular flexibility index (Phi) is 4.66. The number of benzene rings is 1. The SMILES string of the molecule is OC(CCOc1ccccc1Cl)C1CCCN1. The highest BCUT2D eigenvalue weighted by Crippen LogP contribution is 2.23. The molecule has 0 aromatic heterocycles. The van der Waals surface area contributed by atoms with E-state index in [-0.39, 0.29) is 12.1 Å². The third-order valence-electron chi connectivity index (χ3n) is 3.07. The number of rotatable bonds is 5. The lowest BCUT2D eigenvalue weighted by atomic mass is 10.1.